The van der Waals surface area contributed by atoms with Crippen LogP contribution in [-0.4, -0.2) is 25.0 Å². The van der Waals surface area contributed by atoms with Gasteiger partial charge in [-0.25, -0.2) is 0 Å². The number of halogens is 2. The lowest BCUT2D eigenvalue weighted by molar-refractivity contribution is 0.101. The maximum Gasteiger partial charge on any atom is 0.255 e. The molecule has 4 rings (SSSR count). The highest BCUT2D eigenvalue weighted by Crippen LogP contribution is 2.29. The van der Waals surface area contributed by atoms with E-state index in [-0.39, 0.29) is 11.8 Å². The maximum absolute atomic E-state index is 12.7. The van der Waals surface area contributed by atoms with E-state index in [0.717, 1.165) is 21.8 Å². The van der Waals surface area contributed by atoms with Crippen molar-refractivity contribution in [3.8, 4) is 23.0 Å². The molecule has 4 aromatic rings. The summed E-state index contributed by atoms with van der Waals surface area (Å²) >= 11 is 6.92. The van der Waals surface area contributed by atoms with Crippen LogP contribution in [0.1, 0.15) is 47.4 Å². The van der Waals surface area contributed by atoms with Crippen molar-refractivity contribution in [1.29, 1.82) is 0 Å². The van der Waals surface area contributed by atoms with Gasteiger partial charge in [0.2, 0.25) is 0 Å². The summed E-state index contributed by atoms with van der Waals surface area (Å²) in [6.45, 7) is 5.30. The molecule has 4 aromatic carbocycles. The Kier molecular flexibility index (Phi) is 10.8. The molecular weight excluding hydrogens is 652 g/mol. The first-order valence-electron chi connectivity index (χ1n) is 13.2. The largest absolute Gasteiger partial charge is 0.492 e. The molecule has 2 amide bonds. The Morgan fingerprint density at radius 1 is 0.610 bits per heavy atom. The van der Waals surface area contributed by atoms with E-state index >= 15 is 0 Å². The van der Waals surface area contributed by atoms with E-state index < -0.39 is 0 Å². The number of rotatable bonds is 12. The summed E-state index contributed by atoms with van der Waals surface area (Å²) in [5.41, 5.74) is 2.30. The molecule has 41 heavy (non-hydrogen) atoms. The monoisotopic (exact) mass is 680 g/mol. The van der Waals surface area contributed by atoms with Gasteiger partial charge in [-0.1, -0.05) is 13.8 Å². The van der Waals surface area contributed by atoms with Gasteiger partial charge in [0.1, 0.15) is 23.0 Å². The van der Waals surface area contributed by atoms with E-state index in [0.29, 0.717) is 58.7 Å². The fourth-order valence-corrected chi connectivity index (χ4v) is 4.68. The summed E-state index contributed by atoms with van der Waals surface area (Å²) in [5.74, 6) is 2.16. The number of ether oxygens (including phenoxy) is 3. The molecule has 2 N–H and O–H groups in total. The predicted molar refractivity (Wildman–Crippen MR) is 169 cm³/mol. The number of benzene rings is 4. The van der Waals surface area contributed by atoms with Gasteiger partial charge in [0.05, 0.1) is 22.2 Å². The Bertz CT molecular complexity index is 1380. The van der Waals surface area contributed by atoms with Gasteiger partial charge < -0.3 is 24.8 Å². The topological polar surface area (TPSA) is 85.9 Å². The number of carbonyl (C=O) groups is 2. The molecule has 0 aliphatic carbocycles. The van der Waals surface area contributed by atoms with Gasteiger partial charge in [-0.05, 0) is 130 Å². The summed E-state index contributed by atoms with van der Waals surface area (Å²) in [6, 6.07) is 24.7. The first kappa shape index (κ1) is 30.1. The minimum Gasteiger partial charge on any atom is -0.492 e. The lowest BCUT2D eigenvalue weighted by Gasteiger charge is -2.11. The SMILES string of the molecule is CCCOc1ccc(C(=O)Nc2ccc(Oc3ccc(NC(=O)c4ccc(OCCC)c(Br)c4)cc3)cc2)cc1Br. The summed E-state index contributed by atoms with van der Waals surface area (Å²) in [4.78, 5) is 25.4. The maximum atomic E-state index is 12.7. The van der Waals surface area contributed by atoms with Crippen molar-refractivity contribution < 1.29 is 23.8 Å². The Hall–Kier alpha value is -3.82. The molecule has 0 saturated heterocycles. The van der Waals surface area contributed by atoms with Crippen molar-refractivity contribution in [2.24, 2.45) is 0 Å². The molecule has 0 fully saturated rings. The van der Waals surface area contributed by atoms with Crippen LogP contribution in [0, 0.1) is 0 Å². The van der Waals surface area contributed by atoms with Crippen molar-refractivity contribution >= 4 is 55.0 Å². The van der Waals surface area contributed by atoms with Gasteiger partial charge in [-0.15, -0.1) is 0 Å². The summed E-state index contributed by atoms with van der Waals surface area (Å²) in [6.07, 6.45) is 1.81. The second-order valence-corrected chi connectivity index (χ2v) is 10.8. The molecule has 0 aromatic heterocycles. The zero-order valence-corrected chi connectivity index (χ0v) is 25.9. The molecule has 0 heterocycles. The van der Waals surface area contributed by atoms with Gasteiger partial charge in [0.15, 0.2) is 0 Å². The molecule has 0 saturated carbocycles. The average molecular weight is 682 g/mol. The van der Waals surface area contributed by atoms with Crippen LogP contribution < -0.4 is 24.8 Å². The van der Waals surface area contributed by atoms with Gasteiger partial charge in [0.25, 0.3) is 11.8 Å². The molecule has 0 spiro atoms. The molecule has 7 nitrogen and oxygen atoms in total. The van der Waals surface area contributed by atoms with Crippen molar-refractivity contribution in [2.45, 2.75) is 26.7 Å². The molecular formula is C32H30Br2N2O5. The zero-order chi connectivity index (χ0) is 29.2. The second-order valence-electron chi connectivity index (χ2n) is 9.05. The predicted octanol–water partition coefficient (Wildman–Crippen LogP) is 9.09. The van der Waals surface area contributed by atoms with Crippen molar-refractivity contribution in [1.82, 2.24) is 0 Å². The van der Waals surface area contributed by atoms with Crippen molar-refractivity contribution in [3.05, 3.63) is 105 Å². The smallest absolute Gasteiger partial charge is 0.255 e. The average Bonchev–Trinajstić information content (AvgIpc) is 2.97. The summed E-state index contributed by atoms with van der Waals surface area (Å²) in [7, 11) is 0. The normalized spacial score (nSPS) is 10.5. The van der Waals surface area contributed by atoms with Gasteiger partial charge in [-0.2, -0.15) is 0 Å². The van der Waals surface area contributed by atoms with Crippen LogP contribution >= 0.6 is 31.9 Å². The quantitative estimate of drug-likeness (QED) is 0.156. The summed E-state index contributed by atoms with van der Waals surface area (Å²) < 4.78 is 18.7. The Morgan fingerprint density at radius 2 is 1.00 bits per heavy atom. The number of hydrogen-bond acceptors (Lipinski definition) is 5. The lowest BCUT2D eigenvalue weighted by atomic mass is 10.2. The molecule has 0 radical (unpaired) electrons. The highest BCUT2D eigenvalue weighted by molar-refractivity contribution is 9.10. The standard InChI is InChI=1S/C32H30Br2N2O5/c1-3-17-39-29-15-5-21(19-27(29)33)31(37)35-23-7-11-25(12-8-23)41-26-13-9-24(10-14-26)36-32(38)22-6-16-30(28(34)20-22)40-18-4-2/h5-16,19-20H,3-4,17-18H2,1-2H3,(H,35,37)(H,36,38). The fraction of sp³-hybridized carbons (Fsp3) is 0.188. The first-order chi connectivity index (χ1) is 19.9. The molecule has 0 aliphatic rings. The van der Waals surface area contributed by atoms with Crippen LogP contribution in [0.2, 0.25) is 0 Å². The molecule has 9 heteroatoms. The van der Waals surface area contributed by atoms with E-state index in [9.17, 15) is 9.59 Å². The third kappa shape index (κ3) is 8.58. The van der Waals surface area contributed by atoms with Gasteiger partial charge >= 0.3 is 0 Å². The molecule has 0 unspecified atom stereocenters. The van der Waals surface area contributed by atoms with Crippen LogP contribution in [-0.2, 0) is 0 Å². The van der Waals surface area contributed by atoms with E-state index in [1.54, 1.807) is 84.9 Å². The van der Waals surface area contributed by atoms with Crippen molar-refractivity contribution in [3.63, 3.8) is 0 Å². The van der Waals surface area contributed by atoms with E-state index in [1.165, 1.54) is 0 Å². The van der Waals surface area contributed by atoms with Gasteiger partial charge in [-0.3, -0.25) is 9.59 Å². The number of hydrogen-bond donors (Lipinski definition) is 2. The Morgan fingerprint density at radius 3 is 1.34 bits per heavy atom. The number of amides is 2. The molecule has 0 bridgehead atoms. The molecule has 0 atom stereocenters. The molecule has 212 valence electrons. The highest BCUT2D eigenvalue weighted by atomic mass is 79.9. The number of nitrogens with one attached hydrogen (secondary N) is 2. The molecule has 0 aliphatic heterocycles. The zero-order valence-electron chi connectivity index (χ0n) is 22.7. The fourth-order valence-electron chi connectivity index (χ4n) is 3.70. The van der Waals surface area contributed by atoms with Crippen LogP contribution in [0.3, 0.4) is 0 Å². The third-order valence-electron chi connectivity index (χ3n) is 5.77. The van der Waals surface area contributed by atoms with Crippen LogP contribution in [0.4, 0.5) is 11.4 Å². The Balaban J connectivity index is 1.30. The van der Waals surface area contributed by atoms with Gasteiger partial charge in [0, 0.05) is 22.5 Å². The second kappa shape index (κ2) is 14.7. The highest BCUT2D eigenvalue weighted by Gasteiger charge is 2.12. The van der Waals surface area contributed by atoms with Crippen LogP contribution in [0.15, 0.2) is 93.9 Å². The van der Waals surface area contributed by atoms with Crippen LogP contribution in [0.5, 0.6) is 23.0 Å². The van der Waals surface area contributed by atoms with E-state index in [4.69, 9.17) is 14.2 Å². The van der Waals surface area contributed by atoms with E-state index in [1.807, 2.05) is 13.8 Å². The third-order valence-corrected chi connectivity index (χ3v) is 7.01. The minimum atomic E-state index is -0.229. The summed E-state index contributed by atoms with van der Waals surface area (Å²) in [5, 5.41) is 5.77. The minimum absolute atomic E-state index is 0.229. The number of anilines is 2. The van der Waals surface area contributed by atoms with E-state index in [2.05, 4.69) is 42.5 Å². The van der Waals surface area contributed by atoms with Crippen LogP contribution in [0.25, 0.3) is 0 Å². The Labute approximate surface area is 256 Å². The first-order valence-corrected chi connectivity index (χ1v) is 14.8. The number of carbonyl (C=O) groups excluding carboxylic acids is 2. The van der Waals surface area contributed by atoms with Crippen molar-refractivity contribution in [2.75, 3.05) is 23.8 Å². The lowest BCUT2D eigenvalue weighted by Crippen LogP contribution is -2.12.